The molecule has 0 saturated carbocycles. The summed E-state index contributed by atoms with van der Waals surface area (Å²) in [7, 11) is 4.64. The van der Waals surface area contributed by atoms with E-state index in [9.17, 15) is 4.79 Å². The van der Waals surface area contributed by atoms with E-state index in [0.717, 1.165) is 5.56 Å². The molecule has 1 aromatic carbocycles. The SMILES string of the molecule is COc1cc(CNc2cn[nH]c(=O)c2Cl)cc(OC)c1OC. The Bertz CT molecular complexity index is 692. The van der Waals surface area contributed by atoms with Crippen LogP contribution in [0.25, 0.3) is 0 Å². The van der Waals surface area contributed by atoms with Gasteiger partial charge in [0.25, 0.3) is 5.56 Å². The molecule has 22 heavy (non-hydrogen) atoms. The van der Waals surface area contributed by atoms with Crippen LogP contribution in [-0.4, -0.2) is 31.5 Å². The van der Waals surface area contributed by atoms with Crippen molar-refractivity contribution in [1.29, 1.82) is 0 Å². The minimum atomic E-state index is -0.448. The van der Waals surface area contributed by atoms with Gasteiger partial charge < -0.3 is 19.5 Å². The summed E-state index contributed by atoms with van der Waals surface area (Å²) in [5.74, 6) is 1.62. The second-order valence-corrected chi connectivity index (χ2v) is 4.69. The molecule has 0 unspecified atom stereocenters. The number of anilines is 1. The molecule has 0 aliphatic carbocycles. The van der Waals surface area contributed by atoms with Gasteiger partial charge in [-0.2, -0.15) is 5.10 Å². The Morgan fingerprint density at radius 2 is 1.82 bits per heavy atom. The predicted molar refractivity (Wildman–Crippen MR) is 83.3 cm³/mol. The lowest BCUT2D eigenvalue weighted by Gasteiger charge is -2.14. The number of ether oxygens (including phenoxy) is 3. The van der Waals surface area contributed by atoms with Crippen LogP contribution < -0.4 is 25.1 Å². The molecule has 8 heteroatoms. The predicted octanol–water partition coefficient (Wildman–Crippen LogP) is 2.06. The smallest absolute Gasteiger partial charge is 0.285 e. The second kappa shape index (κ2) is 7.04. The number of halogens is 1. The van der Waals surface area contributed by atoms with Gasteiger partial charge in [-0.3, -0.25) is 4.79 Å². The first-order valence-corrected chi connectivity index (χ1v) is 6.74. The van der Waals surface area contributed by atoms with Crippen LogP contribution in [0.1, 0.15) is 5.56 Å². The maximum Gasteiger partial charge on any atom is 0.285 e. The molecular formula is C14H16ClN3O4. The van der Waals surface area contributed by atoms with E-state index in [1.807, 2.05) is 12.1 Å². The van der Waals surface area contributed by atoms with Crippen molar-refractivity contribution in [2.75, 3.05) is 26.6 Å². The van der Waals surface area contributed by atoms with Crippen molar-refractivity contribution in [3.63, 3.8) is 0 Å². The molecule has 1 heterocycles. The Hall–Kier alpha value is -2.41. The number of hydrogen-bond acceptors (Lipinski definition) is 6. The Kier molecular flexibility index (Phi) is 5.11. The van der Waals surface area contributed by atoms with Crippen LogP contribution >= 0.6 is 11.6 Å². The normalized spacial score (nSPS) is 10.2. The van der Waals surface area contributed by atoms with Gasteiger partial charge in [0, 0.05) is 6.54 Å². The van der Waals surface area contributed by atoms with Crippen molar-refractivity contribution >= 4 is 17.3 Å². The molecule has 0 spiro atoms. The Balaban J connectivity index is 2.26. The standard InChI is InChI=1S/C14H16ClN3O4/c1-20-10-4-8(5-11(21-2)13(10)22-3)6-16-9-7-17-18-14(19)12(9)15/h4-5,7H,6H2,1-3H3,(H2,16,18,19). The first-order chi connectivity index (χ1) is 10.6. The number of H-pyrrole nitrogens is 1. The largest absolute Gasteiger partial charge is 0.493 e. The molecule has 0 fully saturated rings. The molecule has 2 aromatic rings. The van der Waals surface area contributed by atoms with Crippen LogP contribution in [0, 0.1) is 0 Å². The van der Waals surface area contributed by atoms with Gasteiger partial charge >= 0.3 is 0 Å². The highest BCUT2D eigenvalue weighted by molar-refractivity contribution is 6.32. The molecule has 118 valence electrons. The fraction of sp³-hybridized carbons (Fsp3) is 0.286. The number of aromatic nitrogens is 2. The van der Waals surface area contributed by atoms with Crippen molar-refractivity contribution in [2.45, 2.75) is 6.54 Å². The highest BCUT2D eigenvalue weighted by Crippen LogP contribution is 2.38. The van der Waals surface area contributed by atoms with Crippen LogP contribution in [0.15, 0.2) is 23.1 Å². The van der Waals surface area contributed by atoms with Crippen molar-refractivity contribution in [3.05, 3.63) is 39.3 Å². The van der Waals surface area contributed by atoms with Gasteiger partial charge in [-0.1, -0.05) is 11.6 Å². The minimum Gasteiger partial charge on any atom is -0.493 e. The molecule has 2 rings (SSSR count). The summed E-state index contributed by atoms with van der Waals surface area (Å²) in [5.41, 5.74) is 0.863. The fourth-order valence-corrected chi connectivity index (χ4v) is 2.10. The summed E-state index contributed by atoms with van der Waals surface area (Å²) in [4.78, 5) is 11.4. The Morgan fingerprint density at radius 3 is 2.36 bits per heavy atom. The van der Waals surface area contributed by atoms with E-state index in [-0.39, 0.29) is 5.02 Å². The maximum absolute atomic E-state index is 11.4. The first-order valence-electron chi connectivity index (χ1n) is 6.36. The van der Waals surface area contributed by atoms with Gasteiger partial charge in [0.15, 0.2) is 11.5 Å². The molecule has 7 nitrogen and oxygen atoms in total. The molecule has 0 aliphatic heterocycles. The van der Waals surface area contributed by atoms with Crippen LogP contribution in [0.2, 0.25) is 5.02 Å². The van der Waals surface area contributed by atoms with E-state index in [0.29, 0.717) is 29.5 Å². The molecule has 0 amide bonds. The van der Waals surface area contributed by atoms with Crippen molar-refractivity contribution in [2.24, 2.45) is 0 Å². The van der Waals surface area contributed by atoms with Gasteiger partial charge in [-0.25, -0.2) is 5.10 Å². The monoisotopic (exact) mass is 325 g/mol. The first kappa shape index (κ1) is 16.0. The maximum atomic E-state index is 11.4. The highest BCUT2D eigenvalue weighted by atomic mass is 35.5. The van der Waals surface area contributed by atoms with Gasteiger partial charge in [0.1, 0.15) is 5.02 Å². The molecule has 0 atom stereocenters. The topological polar surface area (TPSA) is 85.5 Å². The summed E-state index contributed by atoms with van der Waals surface area (Å²) in [6.07, 6.45) is 1.45. The van der Waals surface area contributed by atoms with E-state index in [1.165, 1.54) is 6.20 Å². The summed E-state index contributed by atoms with van der Waals surface area (Å²) in [6.45, 7) is 0.404. The van der Waals surface area contributed by atoms with Crippen molar-refractivity contribution < 1.29 is 14.2 Å². The number of aromatic amines is 1. The van der Waals surface area contributed by atoms with Crippen molar-refractivity contribution in [3.8, 4) is 17.2 Å². The summed E-state index contributed by atoms with van der Waals surface area (Å²) in [6, 6.07) is 3.62. The van der Waals surface area contributed by atoms with E-state index >= 15 is 0 Å². The number of nitrogens with one attached hydrogen (secondary N) is 2. The van der Waals surface area contributed by atoms with Crippen LogP contribution in [0.5, 0.6) is 17.2 Å². The van der Waals surface area contributed by atoms with Gasteiger partial charge in [-0.05, 0) is 17.7 Å². The fourth-order valence-electron chi connectivity index (χ4n) is 1.94. The number of hydrogen-bond donors (Lipinski definition) is 2. The van der Waals surface area contributed by atoms with Crippen molar-refractivity contribution in [1.82, 2.24) is 10.2 Å². The summed E-state index contributed by atoms with van der Waals surface area (Å²) in [5, 5.41) is 9.06. The summed E-state index contributed by atoms with van der Waals surface area (Å²) >= 11 is 5.91. The number of nitrogens with zero attached hydrogens (tertiary/aromatic N) is 1. The molecule has 0 aliphatic rings. The van der Waals surface area contributed by atoms with Gasteiger partial charge in [0.2, 0.25) is 5.75 Å². The number of rotatable bonds is 6. The second-order valence-electron chi connectivity index (χ2n) is 4.31. The minimum absolute atomic E-state index is 0.0578. The lowest BCUT2D eigenvalue weighted by molar-refractivity contribution is 0.324. The third kappa shape index (κ3) is 3.25. The third-order valence-corrected chi connectivity index (χ3v) is 3.38. The third-order valence-electron chi connectivity index (χ3n) is 3.00. The van der Waals surface area contributed by atoms with Crippen LogP contribution in [0.3, 0.4) is 0 Å². The Morgan fingerprint density at radius 1 is 1.18 bits per heavy atom. The average molecular weight is 326 g/mol. The number of methoxy groups -OCH3 is 3. The van der Waals surface area contributed by atoms with E-state index < -0.39 is 5.56 Å². The molecule has 0 radical (unpaired) electrons. The Labute approximate surface area is 132 Å². The lowest BCUT2D eigenvalue weighted by Crippen LogP contribution is -2.12. The number of benzene rings is 1. The lowest BCUT2D eigenvalue weighted by atomic mass is 10.1. The zero-order chi connectivity index (χ0) is 16.1. The van der Waals surface area contributed by atoms with Crippen LogP contribution in [0.4, 0.5) is 5.69 Å². The molecular weight excluding hydrogens is 310 g/mol. The summed E-state index contributed by atoms with van der Waals surface area (Å²) < 4.78 is 15.8. The van der Waals surface area contributed by atoms with E-state index in [4.69, 9.17) is 25.8 Å². The molecule has 1 aromatic heterocycles. The average Bonchev–Trinajstić information content (AvgIpc) is 2.55. The van der Waals surface area contributed by atoms with E-state index in [2.05, 4.69) is 15.5 Å². The molecule has 0 bridgehead atoms. The van der Waals surface area contributed by atoms with Gasteiger partial charge in [-0.15, -0.1) is 0 Å². The molecule has 2 N–H and O–H groups in total. The van der Waals surface area contributed by atoms with Crippen LogP contribution in [-0.2, 0) is 6.54 Å². The highest BCUT2D eigenvalue weighted by Gasteiger charge is 2.13. The zero-order valence-corrected chi connectivity index (χ0v) is 13.2. The van der Waals surface area contributed by atoms with Gasteiger partial charge in [0.05, 0.1) is 33.2 Å². The van der Waals surface area contributed by atoms with E-state index in [1.54, 1.807) is 21.3 Å². The quantitative estimate of drug-likeness (QED) is 0.845. The molecule has 0 saturated heterocycles. The zero-order valence-electron chi connectivity index (χ0n) is 12.4.